The van der Waals surface area contributed by atoms with Gasteiger partial charge in [0.05, 0.1) is 10.9 Å². The lowest BCUT2D eigenvalue weighted by atomic mass is 9.99. The van der Waals surface area contributed by atoms with Crippen molar-refractivity contribution in [2.45, 2.75) is 37.6 Å². The molecule has 3 aromatic carbocycles. The van der Waals surface area contributed by atoms with E-state index < -0.39 is 10.0 Å². The maximum atomic E-state index is 12.7. The van der Waals surface area contributed by atoms with Crippen LogP contribution >= 0.6 is 0 Å². The summed E-state index contributed by atoms with van der Waals surface area (Å²) in [6.45, 7) is 3.59. The summed E-state index contributed by atoms with van der Waals surface area (Å²) in [4.78, 5) is 24.0. The van der Waals surface area contributed by atoms with E-state index in [1.807, 2.05) is 49.4 Å². The van der Waals surface area contributed by atoms with Gasteiger partial charge >= 0.3 is 0 Å². The molecular formula is C25H28N2O4S. The quantitative estimate of drug-likeness (QED) is 0.490. The fourth-order valence-electron chi connectivity index (χ4n) is 3.64. The van der Waals surface area contributed by atoms with Crippen molar-refractivity contribution >= 4 is 32.5 Å². The van der Waals surface area contributed by atoms with Gasteiger partial charge in [-0.1, -0.05) is 54.6 Å². The molecule has 6 nitrogen and oxygen atoms in total. The van der Waals surface area contributed by atoms with E-state index in [4.69, 9.17) is 0 Å². The van der Waals surface area contributed by atoms with Crippen molar-refractivity contribution in [3.8, 4) is 0 Å². The first-order valence-electron chi connectivity index (χ1n) is 10.5. The normalized spacial score (nSPS) is 12.6. The number of carbonyl (C=O) groups excluding carboxylic acids is 2. The summed E-state index contributed by atoms with van der Waals surface area (Å²) in [7, 11) is -2.19. The fraction of sp³-hybridized carbons (Fsp3) is 0.280. The number of sulfonamides is 1. The van der Waals surface area contributed by atoms with E-state index in [9.17, 15) is 18.0 Å². The van der Waals surface area contributed by atoms with Gasteiger partial charge in [-0.15, -0.1) is 0 Å². The molecule has 3 rings (SSSR count). The molecule has 0 spiro atoms. The molecule has 3 aromatic rings. The van der Waals surface area contributed by atoms with Gasteiger partial charge in [0.25, 0.3) is 0 Å². The Hall–Kier alpha value is -3.03. The minimum atomic E-state index is -3.68. The number of nitrogens with one attached hydrogen (secondary N) is 1. The summed E-state index contributed by atoms with van der Waals surface area (Å²) >= 11 is 0. The number of benzene rings is 3. The van der Waals surface area contributed by atoms with E-state index in [0.717, 1.165) is 16.3 Å². The summed E-state index contributed by atoms with van der Waals surface area (Å²) in [6, 6.07) is 19.8. The van der Waals surface area contributed by atoms with Gasteiger partial charge in [-0.05, 0) is 48.7 Å². The van der Waals surface area contributed by atoms with Crippen molar-refractivity contribution in [2.75, 3.05) is 13.6 Å². The molecule has 32 heavy (non-hydrogen) atoms. The zero-order valence-electron chi connectivity index (χ0n) is 18.5. The summed E-state index contributed by atoms with van der Waals surface area (Å²) in [5.74, 6) is -0.243. The molecule has 0 heterocycles. The Kier molecular flexibility index (Phi) is 7.43. The molecule has 0 fully saturated rings. The van der Waals surface area contributed by atoms with Gasteiger partial charge in [-0.2, -0.15) is 0 Å². The summed E-state index contributed by atoms with van der Waals surface area (Å²) in [5, 5.41) is 5.23. The number of amides is 1. The van der Waals surface area contributed by atoms with Crippen LogP contribution in [0.4, 0.5) is 0 Å². The SMILES string of the molecule is CC(=O)c1ccc(S(=O)(=O)N(C)CCCC(=O)N[C@@H](C)c2cccc3ccccc23)cc1. The first-order chi connectivity index (χ1) is 15.2. The van der Waals surface area contributed by atoms with Crippen LogP contribution in [0.25, 0.3) is 10.8 Å². The minimum Gasteiger partial charge on any atom is -0.350 e. The Morgan fingerprint density at radius 1 is 0.969 bits per heavy atom. The van der Waals surface area contributed by atoms with Gasteiger partial charge in [-0.3, -0.25) is 9.59 Å². The van der Waals surface area contributed by atoms with Crippen LogP contribution in [-0.2, 0) is 14.8 Å². The molecule has 1 N–H and O–H groups in total. The van der Waals surface area contributed by atoms with Gasteiger partial charge in [0, 0.05) is 25.6 Å². The molecule has 0 saturated heterocycles. The Balaban J connectivity index is 1.55. The fourth-order valence-corrected chi connectivity index (χ4v) is 4.85. The number of nitrogens with zero attached hydrogens (tertiary/aromatic N) is 1. The number of fused-ring (bicyclic) bond motifs is 1. The van der Waals surface area contributed by atoms with Gasteiger partial charge in [0.1, 0.15) is 0 Å². The standard InChI is InChI=1S/C25H28N2O4S/c1-18(23-11-6-9-21-8-4-5-10-24(21)23)26-25(29)12-7-17-27(3)32(30,31)22-15-13-20(14-16-22)19(2)28/h4-6,8-11,13-16,18H,7,12,17H2,1-3H3,(H,26,29)/t18-/m0/s1. The van der Waals surface area contributed by atoms with Crippen LogP contribution in [0.1, 0.15) is 48.7 Å². The van der Waals surface area contributed by atoms with Crippen LogP contribution in [0.15, 0.2) is 71.6 Å². The highest BCUT2D eigenvalue weighted by molar-refractivity contribution is 7.89. The van der Waals surface area contributed by atoms with Crippen molar-refractivity contribution in [3.63, 3.8) is 0 Å². The lowest BCUT2D eigenvalue weighted by molar-refractivity contribution is -0.121. The van der Waals surface area contributed by atoms with Crippen LogP contribution in [0.3, 0.4) is 0 Å². The summed E-state index contributed by atoms with van der Waals surface area (Å²) < 4.78 is 26.7. The molecular weight excluding hydrogens is 424 g/mol. The number of Topliss-reactive ketones (excluding diaryl/α,β-unsaturated/α-hetero) is 1. The monoisotopic (exact) mass is 452 g/mol. The molecule has 7 heteroatoms. The molecule has 0 aliphatic carbocycles. The van der Waals surface area contributed by atoms with Crippen molar-refractivity contribution in [2.24, 2.45) is 0 Å². The van der Waals surface area contributed by atoms with E-state index in [-0.39, 0.29) is 35.6 Å². The van der Waals surface area contributed by atoms with Crippen LogP contribution in [0.5, 0.6) is 0 Å². The summed E-state index contributed by atoms with van der Waals surface area (Å²) in [5.41, 5.74) is 1.51. The number of rotatable bonds is 9. The largest absolute Gasteiger partial charge is 0.350 e. The van der Waals surface area contributed by atoms with Gasteiger partial charge in [0.2, 0.25) is 15.9 Å². The molecule has 168 valence electrons. The van der Waals surface area contributed by atoms with Crippen LogP contribution in [-0.4, -0.2) is 38.0 Å². The highest BCUT2D eigenvalue weighted by atomic mass is 32.2. The molecule has 1 amide bonds. The zero-order chi connectivity index (χ0) is 23.3. The highest BCUT2D eigenvalue weighted by Gasteiger charge is 2.21. The Morgan fingerprint density at radius 2 is 1.62 bits per heavy atom. The van der Waals surface area contributed by atoms with Crippen molar-refractivity contribution < 1.29 is 18.0 Å². The smallest absolute Gasteiger partial charge is 0.242 e. The lowest BCUT2D eigenvalue weighted by Gasteiger charge is -2.19. The van der Waals surface area contributed by atoms with E-state index in [1.165, 1.54) is 42.5 Å². The predicted octanol–water partition coefficient (Wildman–Crippen LogP) is 4.32. The van der Waals surface area contributed by atoms with E-state index in [0.29, 0.717) is 12.0 Å². The molecule has 0 bridgehead atoms. The average molecular weight is 453 g/mol. The maximum absolute atomic E-state index is 12.7. The van der Waals surface area contributed by atoms with Crippen molar-refractivity contribution in [1.82, 2.24) is 9.62 Å². The predicted molar refractivity (Wildman–Crippen MR) is 126 cm³/mol. The van der Waals surface area contributed by atoms with Crippen molar-refractivity contribution in [1.29, 1.82) is 0 Å². The Labute approximate surface area is 189 Å². The Bertz CT molecular complexity index is 1210. The number of carbonyl (C=O) groups is 2. The molecule has 0 aliphatic heterocycles. The molecule has 0 unspecified atom stereocenters. The second-order valence-electron chi connectivity index (χ2n) is 7.87. The van der Waals surface area contributed by atoms with Crippen LogP contribution in [0.2, 0.25) is 0 Å². The first kappa shape index (κ1) is 23.6. The second-order valence-corrected chi connectivity index (χ2v) is 9.91. The van der Waals surface area contributed by atoms with E-state index in [1.54, 1.807) is 0 Å². The van der Waals surface area contributed by atoms with Gasteiger partial charge in [-0.25, -0.2) is 12.7 Å². The van der Waals surface area contributed by atoms with Crippen molar-refractivity contribution in [3.05, 3.63) is 77.9 Å². The number of hydrogen-bond donors (Lipinski definition) is 1. The highest BCUT2D eigenvalue weighted by Crippen LogP contribution is 2.24. The zero-order valence-corrected chi connectivity index (χ0v) is 19.4. The average Bonchev–Trinajstić information content (AvgIpc) is 2.78. The third-order valence-electron chi connectivity index (χ3n) is 5.51. The first-order valence-corrected chi connectivity index (χ1v) is 12.0. The maximum Gasteiger partial charge on any atom is 0.242 e. The number of ketones is 1. The van der Waals surface area contributed by atoms with Crippen LogP contribution < -0.4 is 5.32 Å². The third-order valence-corrected chi connectivity index (χ3v) is 7.38. The topological polar surface area (TPSA) is 83.6 Å². The van der Waals surface area contributed by atoms with Crippen LogP contribution in [0, 0.1) is 0 Å². The van der Waals surface area contributed by atoms with Gasteiger partial charge < -0.3 is 5.32 Å². The number of hydrogen-bond acceptors (Lipinski definition) is 4. The molecule has 0 aromatic heterocycles. The lowest BCUT2D eigenvalue weighted by Crippen LogP contribution is -2.30. The molecule has 0 saturated carbocycles. The summed E-state index contributed by atoms with van der Waals surface area (Å²) in [6.07, 6.45) is 0.619. The molecule has 1 atom stereocenters. The minimum absolute atomic E-state index is 0.119. The second kappa shape index (κ2) is 10.1. The Morgan fingerprint density at radius 3 is 2.31 bits per heavy atom. The third kappa shape index (κ3) is 5.41. The molecule has 0 aliphatic rings. The molecule has 0 radical (unpaired) electrons. The van der Waals surface area contributed by atoms with Gasteiger partial charge in [0.15, 0.2) is 5.78 Å². The van der Waals surface area contributed by atoms with E-state index in [2.05, 4.69) is 5.32 Å². The van der Waals surface area contributed by atoms with E-state index >= 15 is 0 Å².